The molecule has 6 nitrogen and oxygen atoms in total. The summed E-state index contributed by atoms with van der Waals surface area (Å²) in [5.41, 5.74) is 1.20. The minimum absolute atomic E-state index is 0.273. The maximum atomic E-state index is 10.1. The molecule has 2 heterocycles. The number of pyridine rings is 1. The van der Waals surface area contributed by atoms with E-state index in [1.54, 1.807) is 42.6 Å². The van der Waals surface area contributed by atoms with Gasteiger partial charge in [-0.2, -0.15) is 5.26 Å². The Bertz CT molecular complexity index is 747. The van der Waals surface area contributed by atoms with Crippen molar-refractivity contribution < 1.29 is 20.1 Å². The number of thioether (sulfide) groups is 1. The molecule has 1 fully saturated rings. The van der Waals surface area contributed by atoms with E-state index in [9.17, 15) is 15.3 Å². The van der Waals surface area contributed by atoms with Crippen molar-refractivity contribution in [3.05, 3.63) is 48.2 Å². The molecule has 0 unspecified atom stereocenters. The summed E-state index contributed by atoms with van der Waals surface area (Å²) in [4.78, 5) is 4.32. The molecule has 1 aliphatic heterocycles. The van der Waals surface area contributed by atoms with Crippen LogP contribution in [-0.2, 0) is 0 Å². The molecule has 0 radical (unpaired) electrons. The molecule has 1 saturated heterocycles. The van der Waals surface area contributed by atoms with Gasteiger partial charge in [0.2, 0.25) is 0 Å². The van der Waals surface area contributed by atoms with E-state index in [0.717, 1.165) is 5.56 Å². The second kappa shape index (κ2) is 7.20. The van der Waals surface area contributed by atoms with E-state index < -0.39 is 23.7 Å². The molecule has 7 heteroatoms. The number of aliphatic hydroxyl groups is 3. The minimum Gasteiger partial charge on any atom is -0.475 e. The number of benzene rings is 1. The molecular formula is C17H16N2O4S. The van der Waals surface area contributed by atoms with Crippen LogP contribution in [0.3, 0.4) is 0 Å². The van der Waals surface area contributed by atoms with E-state index in [2.05, 4.69) is 11.1 Å². The Morgan fingerprint density at radius 2 is 1.88 bits per heavy atom. The van der Waals surface area contributed by atoms with Crippen molar-refractivity contribution >= 4 is 11.8 Å². The summed E-state index contributed by atoms with van der Waals surface area (Å²) in [6.07, 6.45) is -1.79. The quantitative estimate of drug-likeness (QED) is 0.767. The largest absolute Gasteiger partial charge is 0.475 e. The zero-order valence-corrected chi connectivity index (χ0v) is 13.4. The molecule has 0 spiro atoms. The molecular weight excluding hydrogens is 328 g/mol. The number of rotatable bonds is 3. The van der Waals surface area contributed by atoms with E-state index in [-0.39, 0.29) is 5.75 Å². The number of hydrogen-bond donors (Lipinski definition) is 3. The summed E-state index contributed by atoms with van der Waals surface area (Å²) in [5.74, 6) is 0.734. The molecule has 4 atom stereocenters. The van der Waals surface area contributed by atoms with Crippen molar-refractivity contribution in [3.8, 4) is 23.1 Å². The maximum absolute atomic E-state index is 10.1. The first-order chi connectivity index (χ1) is 11.6. The third kappa shape index (κ3) is 3.37. The van der Waals surface area contributed by atoms with Crippen LogP contribution in [0, 0.1) is 11.3 Å². The number of hydrogen-bond acceptors (Lipinski definition) is 7. The van der Waals surface area contributed by atoms with Gasteiger partial charge < -0.3 is 20.1 Å². The topological polar surface area (TPSA) is 107 Å². The van der Waals surface area contributed by atoms with Crippen molar-refractivity contribution in [2.24, 2.45) is 0 Å². The summed E-state index contributed by atoms with van der Waals surface area (Å²) in [7, 11) is 0. The lowest BCUT2D eigenvalue weighted by molar-refractivity contribution is -0.0785. The van der Waals surface area contributed by atoms with Gasteiger partial charge in [0, 0.05) is 17.5 Å². The Hall–Kier alpha value is -2.11. The first kappa shape index (κ1) is 16.7. The lowest BCUT2D eigenvalue weighted by Crippen LogP contribution is -2.50. The van der Waals surface area contributed by atoms with Gasteiger partial charge in [0.1, 0.15) is 23.7 Å². The smallest absolute Gasteiger partial charge is 0.173 e. The molecule has 3 rings (SSSR count). The van der Waals surface area contributed by atoms with E-state index >= 15 is 0 Å². The summed E-state index contributed by atoms with van der Waals surface area (Å²) in [5, 5.41) is 38.4. The predicted octanol–water partition coefficient (Wildman–Crippen LogP) is 1.15. The van der Waals surface area contributed by atoms with Gasteiger partial charge in [-0.1, -0.05) is 12.1 Å². The Balaban J connectivity index is 1.85. The first-order valence-electron chi connectivity index (χ1n) is 7.38. The van der Waals surface area contributed by atoms with Gasteiger partial charge in [0.05, 0.1) is 17.7 Å². The van der Waals surface area contributed by atoms with Crippen LogP contribution in [0.1, 0.15) is 5.56 Å². The average Bonchev–Trinajstić information content (AvgIpc) is 2.63. The lowest BCUT2D eigenvalue weighted by Gasteiger charge is -2.34. The van der Waals surface area contributed by atoms with Gasteiger partial charge in [-0.25, -0.2) is 0 Å². The summed E-state index contributed by atoms with van der Waals surface area (Å²) in [6.45, 7) is 0. The van der Waals surface area contributed by atoms with Crippen molar-refractivity contribution in [2.75, 3.05) is 5.75 Å². The molecule has 0 bridgehead atoms. The zero-order chi connectivity index (χ0) is 17.1. The molecule has 24 heavy (non-hydrogen) atoms. The summed E-state index contributed by atoms with van der Waals surface area (Å²) in [6, 6.07) is 12.4. The SMILES string of the molecule is N#Cc1ccc(-c2ncccc2O[C@H]2SC[C@@H](O)[C@H](O)[C@H]2O)cc1. The highest BCUT2D eigenvalue weighted by Crippen LogP contribution is 2.33. The standard InChI is InChI=1S/C17H16N2O4S/c18-8-10-3-5-11(6-4-10)14-13(2-1-7-19-14)23-17-16(22)15(21)12(20)9-24-17/h1-7,12,15-17,20-22H,9H2/t12-,15+,16-,17+/m1/s1. The second-order valence-corrected chi connectivity index (χ2v) is 6.54. The van der Waals surface area contributed by atoms with E-state index in [4.69, 9.17) is 10.00 Å². The monoisotopic (exact) mass is 344 g/mol. The average molecular weight is 344 g/mol. The van der Waals surface area contributed by atoms with Crippen LogP contribution in [-0.4, -0.2) is 49.8 Å². The van der Waals surface area contributed by atoms with Crippen molar-refractivity contribution in [2.45, 2.75) is 23.7 Å². The molecule has 0 amide bonds. The molecule has 1 aromatic carbocycles. The first-order valence-corrected chi connectivity index (χ1v) is 8.43. The van der Waals surface area contributed by atoms with Crippen LogP contribution in [0.25, 0.3) is 11.3 Å². The molecule has 0 saturated carbocycles. The lowest BCUT2D eigenvalue weighted by atomic mass is 10.1. The predicted molar refractivity (Wildman–Crippen MR) is 89.3 cm³/mol. The number of ether oxygens (including phenoxy) is 1. The second-order valence-electron chi connectivity index (χ2n) is 5.41. The summed E-state index contributed by atoms with van der Waals surface area (Å²) >= 11 is 1.23. The van der Waals surface area contributed by atoms with Crippen molar-refractivity contribution in [3.63, 3.8) is 0 Å². The van der Waals surface area contributed by atoms with E-state index in [1.165, 1.54) is 11.8 Å². The fraction of sp³-hybridized carbons (Fsp3) is 0.294. The fourth-order valence-corrected chi connectivity index (χ4v) is 3.53. The Labute approximate surface area is 143 Å². The molecule has 1 aromatic heterocycles. The van der Waals surface area contributed by atoms with Gasteiger partial charge in [-0.3, -0.25) is 4.98 Å². The zero-order valence-electron chi connectivity index (χ0n) is 12.6. The van der Waals surface area contributed by atoms with Gasteiger partial charge >= 0.3 is 0 Å². The highest BCUT2D eigenvalue weighted by Gasteiger charge is 2.38. The molecule has 3 N–H and O–H groups in total. The fourth-order valence-electron chi connectivity index (χ4n) is 2.41. The van der Waals surface area contributed by atoms with Crippen LogP contribution < -0.4 is 4.74 Å². The van der Waals surface area contributed by atoms with Crippen LogP contribution in [0.15, 0.2) is 42.6 Å². The normalized spacial score (nSPS) is 26.6. The highest BCUT2D eigenvalue weighted by atomic mass is 32.2. The van der Waals surface area contributed by atoms with Crippen LogP contribution in [0.2, 0.25) is 0 Å². The van der Waals surface area contributed by atoms with Crippen LogP contribution in [0.5, 0.6) is 5.75 Å². The van der Waals surface area contributed by atoms with Gasteiger partial charge in [-0.05, 0) is 24.3 Å². The number of aromatic nitrogens is 1. The Morgan fingerprint density at radius 3 is 2.58 bits per heavy atom. The third-order valence-corrected chi connectivity index (χ3v) is 4.99. The Kier molecular flexibility index (Phi) is 5.02. The van der Waals surface area contributed by atoms with E-state index in [0.29, 0.717) is 17.0 Å². The van der Waals surface area contributed by atoms with Gasteiger partial charge in [0.25, 0.3) is 0 Å². The molecule has 0 aliphatic carbocycles. The van der Waals surface area contributed by atoms with Crippen molar-refractivity contribution in [1.29, 1.82) is 5.26 Å². The minimum atomic E-state index is -1.24. The van der Waals surface area contributed by atoms with Gasteiger partial charge in [0.15, 0.2) is 5.44 Å². The van der Waals surface area contributed by atoms with E-state index in [1.807, 2.05) is 0 Å². The van der Waals surface area contributed by atoms with Crippen LogP contribution >= 0.6 is 11.8 Å². The van der Waals surface area contributed by atoms with Crippen molar-refractivity contribution in [1.82, 2.24) is 4.98 Å². The number of nitriles is 1. The third-order valence-electron chi connectivity index (χ3n) is 3.76. The molecule has 124 valence electrons. The Morgan fingerprint density at radius 1 is 1.12 bits per heavy atom. The number of aliphatic hydroxyl groups excluding tert-OH is 3. The maximum Gasteiger partial charge on any atom is 0.173 e. The molecule has 1 aliphatic rings. The van der Waals surface area contributed by atoms with Crippen LogP contribution in [0.4, 0.5) is 0 Å². The highest BCUT2D eigenvalue weighted by molar-refractivity contribution is 7.99. The molecule has 2 aromatic rings. The number of nitrogens with zero attached hydrogens (tertiary/aromatic N) is 2. The summed E-state index contributed by atoms with van der Waals surface area (Å²) < 4.78 is 5.84. The van der Waals surface area contributed by atoms with Gasteiger partial charge in [-0.15, -0.1) is 11.8 Å².